The molecule has 0 N–H and O–H groups in total. The first-order valence-corrected chi connectivity index (χ1v) is 7.27. The Morgan fingerprint density at radius 2 is 2.18 bits per heavy atom. The molecule has 1 aliphatic rings. The van der Waals surface area contributed by atoms with E-state index < -0.39 is 0 Å². The van der Waals surface area contributed by atoms with Gasteiger partial charge in [0.25, 0.3) is 0 Å². The molecule has 8 nitrogen and oxygen atoms in total. The molecule has 1 aliphatic heterocycles. The van der Waals surface area contributed by atoms with Crippen molar-refractivity contribution in [1.29, 1.82) is 0 Å². The summed E-state index contributed by atoms with van der Waals surface area (Å²) in [6, 6.07) is 3.56. The molecule has 2 aromatic heterocycles. The summed E-state index contributed by atoms with van der Waals surface area (Å²) in [5.41, 5.74) is 0. The predicted octanol–water partition coefficient (Wildman–Crippen LogP) is 1.60. The van der Waals surface area contributed by atoms with Gasteiger partial charge in [0.2, 0.25) is 11.7 Å². The summed E-state index contributed by atoms with van der Waals surface area (Å²) >= 11 is 0. The SMILES string of the molecule is CCOC(=O)N1CCN(Cc2nc(-c3ccco3)no2)CC1. The van der Waals surface area contributed by atoms with Crippen LogP contribution in [0.3, 0.4) is 0 Å². The molecular weight excluding hydrogens is 288 g/mol. The van der Waals surface area contributed by atoms with Gasteiger partial charge in [-0.2, -0.15) is 4.98 Å². The van der Waals surface area contributed by atoms with E-state index in [9.17, 15) is 4.79 Å². The summed E-state index contributed by atoms with van der Waals surface area (Å²) in [6.07, 6.45) is 1.32. The Morgan fingerprint density at radius 3 is 2.86 bits per heavy atom. The smallest absolute Gasteiger partial charge is 0.409 e. The summed E-state index contributed by atoms with van der Waals surface area (Å²) < 4.78 is 15.5. The van der Waals surface area contributed by atoms with Crippen molar-refractivity contribution >= 4 is 6.09 Å². The lowest BCUT2D eigenvalue weighted by Gasteiger charge is -2.33. The van der Waals surface area contributed by atoms with Gasteiger partial charge in [0.15, 0.2) is 5.76 Å². The zero-order valence-electron chi connectivity index (χ0n) is 12.4. The lowest BCUT2D eigenvalue weighted by atomic mass is 10.3. The van der Waals surface area contributed by atoms with Gasteiger partial charge >= 0.3 is 6.09 Å². The maximum atomic E-state index is 11.6. The summed E-state index contributed by atoms with van der Waals surface area (Å²) in [7, 11) is 0. The number of piperazine rings is 1. The zero-order valence-corrected chi connectivity index (χ0v) is 12.4. The Bertz CT molecular complexity index is 602. The van der Waals surface area contributed by atoms with E-state index in [4.69, 9.17) is 13.7 Å². The first-order valence-electron chi connectivity index (χ1n) is 7.27. The second-order valence-electron chi connectivity index (χ2n) is 4.95. The molecule has 0 bridgehead atoms. The molecule has 0 atom stereocenters. The Kier molecular flexibility index (Phi) is 4.38. The number of aromatic nitrogens is 2. The van der Waals surface area contributed by atoms with Crippen LogP contribution in [0.5, 0.6) is 0 Å². The Morgan fingerprint density at radius 1 is 1.36 bits per heavy atom. The average molecular weight is 306 g/mol. The fraction of sp³-hybridized carbons (Fsp3) is 0.500. The molecule has 0 aliphatic carbocycles. The van der Waals surface area contributed by atoms with E-state index in [1.807, 2.05) is 0 Å². The minimum Gasteiger partial charge on any atom is -0.461 e. The minimum absolute atomic E-state index is 0.250. The van der Waals surface area contributed by atoms with Crippen LogP contribution in [0.1, 0.15) is 12.8 Å². The van der Waals surface area contributed by atoms with Crippen molar-refractivity contribution in [2.45, 2.75) is 13.5 Å². The number of furan rings is 1. The highest BCUT2D eigenvalue weighted by Crippen LogP contribution is 2.16. The molecule has 0 aromatic carbocycles. The molecule has 3 rings (SSSR count). The van der Waals surface area contributed by atoms with Gasteiger partial charge in [0.05, 0.1) is 19.4 Å². The molecule has 118 valence electrons. The number of hydrogen-bond acceptors (Lipinski definition) is 7. The van der Waals surface area contributed by atoms with Crippen molar-refractivity contribution in [2.24, 2.45) is 0 Å². The summed E-state index contributed by atoms with van der Waals surface area (Å²) in [5.74, 6) is 1.57. The number of carbonyl (C=O) groups is 1. The van der Waals surface area contributed by atoms with Gasteiger partial charge in [-0.05, 0) is 19.1 Å². The van der Waals surface area contributed by atoms with Crippen LogP contribution >= 0.6 is 0 Å². The molecule has 0 radical (unpaired) electrons. The van der Waals surface area contributed by atoms with Gasteiger partial charge in [0.1, 0.15) is 0 Å². The van der Waals surface area contributed by atoms with Crippen LogP contribution in [0.2, 0.25) is 0 Å². The number of carbonyl (C=O) groups excluding carboxylic acids is 1. The zero-order chi connectivity index (χ0) is 15.4. The summed E-state index contributed by atoms with van der Waals surface area (Å²) in [5, 5.41) is 3.90. The van der Waals surface area contributed by atoms with E-state index in [0.717, 1.165) is 13.1 Å². The van der Waals surface area contributed by atoms with Gasteiger partial charge < -0.3 is 18.6 Å². The third kappa shape index (κ3) is 3.28. The lowest BCUT2D eigenvalue weighted by molar-refractivity contribution is 0.0749. The maximum Gasteiger partial charge on any atom is 0.409 e. The highest BCUT2D eigenvalue weighted by Gasteiger charge is 2.23. The van der Waals surface area contributed by atoms with Gasteiger partial charge in [-0.1, -0.05) is 5.16 Å². The van der Waals surface area contributed by atoms with Gasteiger partial charge in [-0.3, -0.25) is 4.90 Å². The second-order valence-corrected chi connectivity index (χ2v) is 4.95. The standard InChI is InChI=1S/C14H18N4O4/c1-2-20-14(19)18-7-5-17(6-8-18)10-12-15-13(16-22-12)11-4-3-9-21-11/h3-4,9H,2,5-8,10H2,1H3. The van der Waals surface area contributed by atoms with Crippen molar-refractivity contribution in [3.8, 4) is 11.6 Å². The first kappa shape index (κ1) is 14.6. The normalized spacial score (nSPS) is 16.0. The highest BCUT2D eigenvalue weighted by atomic mass is 16.6. The quantitative estimate of drug-likeness (QED) is 0.848. The molecule has 1 fully saturated rings. The highest BCUT2D eigenvalue weighted by molar-refractivity contribution is 5.67. The molecule has 8 heteroatoms. The molecule has 22 heavy (non-hydrogen) atoms. The molecule has 2 aromatic rings. The minimum atomic E-state index is -0.250. The Hall–Kier alpha value is -2.35. The molecule has 0 unspecified atom stereocenters. The summed E-state index contributed by atoms with van der Waals surface area (Å²) in [6.45, 7) is 5.53. The Balaban J connectivity index is 1.52. The number of amides is 1. The van der Waals surface area contributed by atoms with Crippen LogP contribution in [0.25, 0.3) is 11.6 Å². The molecule has 0 spiro atoms. The largest absolute Gasteiger partial charge is 0.461 e. The number of nitrogens with zero attached hydrogens (tertiary/aromatic N) is 4. The molecular formula is C14H18N4O4. The van der Waals surface area contributed by atoms with E-state index in [-0.39, 0.29) is 6.09 Å². The van der Waals surface area contributed by atoms with Crippen molar-refractivity contribution in [1.82, 2.24) is 19.9 Å². The topological polar surface area (TPSA) is 84.8 Å². The molecule has 3 heterocycles. The monoisotopic (exact) mass is 306 g/mol. The van der Waals surface area contributed by atoms with Gasteiger partial charge in [-0.15, -0.1) is 0 Å². The number of ether oxygens (including phenoxy) is 1. The number of rotatable bonds is 4. The fourth-order valence-electron chi connectivity index (χ4n) is 2.32. The van der Waals surface area contributed by atoms with E-state index >= 15 is 0 Å². The molecule has 1 amide bonds. The van der Waals surface area contributed by atoms with E-state index in [0.29, 0.717) is 43.7 Å². The van der Waals surface area contributed by atoms with Crippen LogP contribution < -0.4 is 0 Å². The molecule has 0 saturated carbocycles. The third-order valence-electron chi connectivity index (χ3n) is 3.47. The lowest BCUT2D eigenvalue weighted by Crippen LogP contribution is -2.48. The van der Waals surface area contributed by atoms with Crippen LogP contribution in [0.4, 0.5) is 4.79 Å². The van der Waals surface area contributed by atoms with Crippen molar-refractivity contribution in [3.05, 3.63) is 24.3 Å². The van der Waals surface area contributed by atoms with E-state index in [1.165, 1.54) is 0 Å². The average Bonchev–Trinajstić information content (AvgIpc) is 3.19. The predicted molar refractivity (Wildman–Crippen MR) is 75.9 cm³/mol. The van der Waals surface area contributed by atoms with Crippen LogP contribution in [-0.4, -0.2) is 58.8 Å². The van der Waals surface area contributed by atoms with Crippen molar-refractivity contribution in [2.75, 3.05) is 32.8 Å². The third-order valence-corrected chi connectivity index (χ3v) is 3.47. The number of hydrogen-bond donors (Lipinski definition) is 0. The van der Waals surface area contributed by atoms with E-state index in [1.54, 1.807) is 30.2 Å². The first-order chi connectivity index (χ1) is 10.8. The van der Waals surface area contributed by atoms with Crippen molar-refractivity contribution < 1.29 is 18.5 Å². The molecule has 1 saturated heterocycles. The Labute approximate surface area is 127 Å². The fourth-order valence-corrected chi connectivity index (χ4v) is 2.32. The van der Waals surface area contributed by atoms with Crippen molar-refractivity contribution in [3.63, 3.8) is 0 Å². The van der Waals surface area contributed by atoms with Gasteiger partial charge in [-0.25, -0.2) is 4.79 Å². The van der Waals surface area contributed by atoms with Crippen LogP contribution in [0.15, 0.2) is 27.3 Å². The van der Waals surface area contributed by atoms with E-state index in [2.05, 4.69) is 15.0 Å². The summed E-state index contributed by atoms with van der Waals surface area (Å²) in [4.78, 5) is 19.8. The second kappa shape index (κ2) is 6.61. The van der Waals surface area contributed by atoms with Crippen LogP contribution in [-0.2, 0) is 11.3 Å². The van der Waals surface area contributed by atoms with Gasteiger partial charge in [0, 0.05) is 26.2 Å². The maximum absolute atomic E-state index is 11.6. The van der Waals surface area contributed by atoms with Crippen LogP contribution in [0, 0.1) is 0 Å².